The minimum atomic E-state index is 0.186. The van der Waals surface area contributed by atoms with Crippen LogP contribution in [0.25, 0.3) is 11.0 Å². The lowest BCUT2D eigenvalue weighted by Gasteiger charge is -2.32. The van der Waals surface area contributed by atoms with Crippen LogP contribution in [-0.4, -0.2) is 28.6 Å². The van der Waals surface area contributed by atoms with Gasteiger partial charge in [0, 0.05) is 37.3 Å². The zero-order valence-corrected chi connectivity index (χ0v) is 12.5. The molecular weight excluding hydrogens is 250 g/mol. The Balaban J connectivity index is 2.15. The first-order valence-electron chi connectivity index (χ1n) is 6.88. The number of hydrogen-bond donors (Lipinski definition) is 1. The fraction of sp³-hybridized carbons (Fsp3) is 0.467. The van der Waals surface area contributed by atoms with E-state index in [0.29, 0.717) is 0 Å². The first-order chi connectivity index (χ1) is 9.37. The van der Waals surface area contributed by atoms with Crippen molar-refractivity contribution < 1.29 is 0 Å². The number of aromatic nitrogens is 2. The van der Waals surface area contributed by atoms with Gasteiger partial charge in [-0.15, -0.1) is 0 Å². The van der Waals surface area contributed by atoms with Crippen molar-refractivity contribution in [2.75, 3.05) is 24.3 Å². The fourth-order valence-corrected chi connectivity index (χ4v) is 2.64. The van der Waals surface area contributed by atoms with Crippen LogP contribution in [0.15, 0.2) is 18.3 Å². The molecule has 0 fully saturated rings. The molecule has 0 unspecified atom stereocenters. The maximum atomic E-state index is 6.33. The van der Waals surface area contributed by atoms with Gasteiger partial charge in [0.05, 0.1) is 5.69 Å². The third-order valence-corrected chi connectivity index (χ3v) is 3.55. The Morgan fingerprint density at radius 2 is 2.10 bits per heavy atom. The van der Waals surface area contributed by atoms with Crippen molar-refractivity contribution in [3.05, 3.63) is 23.9 Å². The average Bonchev–Trinajstić information content (AvgIpc) is 2.66. The van der Waals surface area contributed by atoms with Crippen LogP contribution in [0, 0.1) is 5.41 Å². The zero-order chi connectivity index (χ0) is 14.5. The summed E-state index contributed by atoms with van der Waals surface area (Å²) in [5.74, 6) is 0.950. The summed E-state index contributed by atoms with van der Waals surface area (Å²) >= 11 is 0. The molecule has 0 spiro atoms. The minimum absolute atomic E-state index is 0.186. The highest BCUT2D eigenvalue weighted by Gasteiger charge is 2.31. The maximum absolute atomic E-state index is 6.33. The number of anilines is 2. The van der Waals surface area contributed by atoms with Gasteiger partial charge in [-0.25, -0.2) is 15.0 Å². The Labute approximate surface area is 119 Å². The molecule has 2 aromatic rings. The van der Waals surface area contributed by atoms with E-state index >= 15 is 0 Å². The second kappa shape index (κ2) is 4.31. The number of rotatable bonds is 1. The number of hydrogen-bond acceptors (Lipinski definition) is 5. The molecule has 5 heteroatoms. The Morgan fingerprint density at radius 3 is 2.80 bits per heavy atom. The standard InChI is InChI=1S/C15H21N5/c1-15(2,3)9-20-14-11(8-19(20)4)12(16)10-6-5-7-17-13(10)18-14/h5-7H,8-9H2,1-4H3,(H2,16,17,18). The lowest BCUT2D eigenvalue weighted by molar-refractivity contribution is 0.270. The highest BCUT2D eigenvalue weighted by Crippen LogP contribution is 2.37. The summed E-state index contributed by atoms with van der Waals surface area (Å²) in [7, 11) is 2.07. The molecule has 3 heterocycles. The molecule has 1 aliphatic heterocycles. The minimum Gasteiger partial charge on any atom is -0.398 e. The summed E-state index contributed by atoms with van der Waals surface area (Å²) in [4.78, 5) is 9.06. The van der Waals surface area contributed by atoms with E-state index in [1.54, 1.807) is 6.20 Å². The molecule has 2 N–H and O–H groups in total. The van der Waals surface area contributed by atoms with Crippen molar-refractivity contribution >= 4 is 22.5 Å². The van der Waals surface area contributed by atoms with Gasteiger partial charge in [0.2, 0.25) is 0 Å². The molecule has 0 saturated carbocycles. The van der Waals surface area contributed by atoms with E-state index in [4.69, 9.17) is 10.7 Å². The quantitative estimate of drug-likeness (QED) is 0.863. The van der Waals surface area contributed by atoms with Crippen LogP contribution < -0.4 is 10.7 Å². The summed E-state index contributed by atoms with van der Waals surface area (Å²) in [6.45, 7) is 8.38. The van der Waals surface area contributed by atoms with Crippen molar-refractivity contribution in [2.24, 2.45) is 5.41 Å². The SMILES string of the molecule is CN1Cc2c(nc3ncccc3c2N)N1CC(C)(C)C. The molecule has 1 aliphatic rings. The van der Waals surface area contributed by atoms with Crippen LogP contribution in [0.3, 0.4) is 0 Å². The van der Waals surface area contributed by atoms with Gasteiger partial charge < -0.3 is 5.73 Å². The summed E-state index contributed by atoms with van der Waals surface area (Å²) in [6.07, 6.45) is 1.76. The van der Waals surface area contributed by atoms with Crippen molar-refractivity contribution in [3.63, 3.8) is 0 Å². The Kier molecular flexibility index (Phi) is 2.83. The normalized spacial score (nSPS) is 15.9. The first kappa shape index (κ1) is 13.1. The van der Waals surface area contributed by atoms with Crippen LogP contribution in [0.5, 0.6) is 0 Å². The van der Waals surface area contributed by atoms with Crippen molar-refractivity contribution in [1.82, 2.24) is 15.0 Å². The maximum Gasteiger partial charge on any atom is 0.163 e. The second-order valence-corrected chi connectivity index (χ2v) is 6.64. The van der Waals surface area contributed by atoms with Crippen LogP contribution in [0.1, 0.15) is 26.3 Å². The number of nitrogen functional groups attached to an aromatic ring is 1. The second-order valence-electron chi connectivity index (χ2n) is 6.64. The van der Waals surface area contributed by atoms with Gasteiger partial charge in [0.1, 0.15) is 0 Å². The van der Waals surface area contributed by atoms with Gasteiger partial charge in [-0.3, -0.25) is 5.01 Å². The largest absolute Gasteiger partial charge is 0.398 e. The van der Waals surface area contributed by atoms with Crippen molar-refractivity contribution in [3.8, 4) is 0 Å². The molecule has 0 bridgehead atoms. The predicted octanol–water partition coefficient (Wildman–Crippen LogP) is 2.42. The summed E-state index contributed by atoms with van der Waals surface area (Å²) in [5.41, 5.74) is 9.15. The Hall–Kier alpha value is -1.88. The molecule has 0 atom stereocenters. The molecule has 5 nitrogen and oxygen atoms in total. The Bertz CT molecular complexity index is 659. The summed E-state index contributed by atoms with van der Waals surface area (Å²) in [5, 5.41) is 5.33. The number of nitrogens with two attached hydrogens (primary N) is 1. The monoisotopic (exact) mass is 271 g/mol. The molecule has 2 aromatic heterocycles. The highest BCUT2D eigenvalue weighted by atomic mass is 15.6. The van der Waals surface area contributed by atoms with E-state index in [-0.39, 0.29) is 5.41 Å². The van der Waals surface area contributed by atoms with Gasteiger partial charge in [-0.1, -0.05) is 20.8 Å². The van der Waals surface area contributed by atoms with Gasteiger partial charge in [-0.05, 0) is 17.5 Å². The van der Waals surface area contributed by atoms with Gasteiger partial charge in [0.15, 0.2) is 11.5 Å². The van der Waals surface area contributed by atoms with Crippen LogP contribution >= 0.6 is 0 Å². The highest BCUT2D eigenvalue weighted by molar-refractivity contribution is 5.92. The number of fused-ring (bicyclic) bond motifs is 2. The lowest BCUT2D eigenvalue weighted by atomic mass is 9.96. The smallest absolute Gasteiger partial charge is 0.163 e. The van der Waals surface area contributed by atoms with Crippen molar-refractivity contribution in [2.45, 2.75) is 27.3 Å². The summed E-state index contributed by atoms with van der Waals surface area (Å²) in [6, 6.07) is 3.88. The molecule has 0 aliphatic carbocycles. The predicted molar refractivity (Wildman–Crippen MR) is 82.2 cm³/mol. The molecule has 106 valence electrons. The Morgan fingerprint density at radius 1 is 1.35 bits per heavy atom. The van der Waals surface area contributed by atoms with Gasteiger partial charge in [-0.2, -0.15) is 0 Å². The molecule has 20 heavy (non-hydrogen) atoms. The van der Waals surface area contributed by atoms with E-state index in [2.05, 4.69) is 42.8 Å². The third-order valence-electron chi connectivity index (χ3n) is 3.55. The van der Waals surface area contributed by atoms with Gasteiger partial charge >= 0.3 is 0 Å². The fourth-order valence-electron chi connectivity index (χ4n) is 2.64. The molecule has 0 radical (unpaired) electrons. The van der Waals surface area contributed by atoms with Gasteiger partial charge in [0.25, 0.3) is 0 Å². The van der Waals surface area contributed by atoms with Crippen LogP contribution in [0.4, 0.5) is 11.5 Å². The average molecular weight is 271 g/mol. The number of hydrazine groups is 1. The molecule has 0 amide bonds. The molecule has 0 saturated heterocycles. The van der Waals surface area contributed by atoms with E-state index < -0.39 is 0 Å². The third kappa shape index (κ3) is 2.08. The first-order valence-corrected chi connectivity index (χ1v) is 6.88. The summed E-state index contributed by atoms with van der Waals surface area (Å²) < 4.78 is 0. The van der Waals surface area contributed by atoms with Crippen LogP contribution in [-0.2, 0) is 6.54 Å². The number of pyridine rings is 2. The molecule has 3 rings (SSSR count). The van der Waals surface area contributed by atoms with Crippen LogP contribution in [0.2, 0.25) is 0 Å². The van der Waals surface area contributed by atoms with E-state index in [0.717, 1.165) is 41.2 Å². The van der Waals surface area contributed by atoms with Crippen molar-refractivity contribution in [1.29, 1.82) is 0 Å². The van der Waals surface area contributed by atoms with E-state index in [1.165, 1.54) is 0 Å². The number of nitrogens with zero attached hydrogens (tertiary/aromatic N) is 4. The lowest BCUT2D eigenvalue weighted by Crippen LogP contribution is -2.40. The van der Waals surface area contributed by atoms with E-state index in [9.17, 15) is 0 Å². The van der Waals surface area contributed by atoms with E-state index in [1.807, 2.05) is 12.1 Å². The molecular formula is C15H21N5. The topological polar surface area (TPSA) is 58.3 Å². The zero-order valence-electron chi connectivity index (χ0n) is 12.5. The molecule has 0 aromatic carbocycles.